The molecular formula is C10H15NO. The third-order valence-electron chi connectivity index (χ3n) is 4.85. The predicted octanol–water partition coefficient (Wildman–Crippen LogP) is 1.56. The van der Waals surface area contributed by atoms with E-state index < -0.39 is 0 Å². The molecule has 3 atom stereocenters. The van der Waals surface area contributed by atoms with Crippen LogP contribution < -0.4 is 0 Å². The summed E-state index contributed by atoms with van der Waals surface area (Å²) in [4.78, 5) is 6.00. The van der Waals surface area contributed by atoms with E-state index in [1.54, 1.807) is 0 Å². The van der Waals surface area contributed by atoms with Gasteiger partial charge in [0.15, 0.2) is 0 Å². The van der Waals surface area contributed by atoms with Crippen molar-refractivity contribution in [2.45, 2.75) is 43.7 Å². The van der Waals surface area contributed by atoms with Gasteiger partial charge >= 0.3 is 0 Å². The van der Waals surface area contributed by atoms with Gasteiger partial charge in [0.1, 0.15) is 0 Å². The van der Waals surface area contributed by atoms with Crippen LogP contribution in [0.1, 0.15) is 32.1 Å². The van der Waals surface area contributed by atoms with Crippen LogP contribution in [0, 0.1) is 11.3 Å². The molecule has 2 heteroatoms. The highest BCUT2D eigenvalue weighted by Gasteiger charge is 2.81. The summed E-state index contributed by atoms with van der Waals surface area (Å²) in [6, 6.07) is 0.782. The maximum Gasteiger partial charge on any atom is 0.0976 e. The zero-order chi connectivity index (χ0) is 7.97. The molecule has 66 valence electrons. The van der Waals surface area contributed by atoms with Gasteiger partial charge in [-0.05, 0) is 38.0 Å². The summed E-state index contributed by atoms with van der Waals surface area (Å²) in [6.07, 6.45) is 7.01. The first-order chi connectivity index (χ1) is 5.79. The lowest BCUT2D eigenvalue weighted by Gasteiger charge is -2.17. The molecule has 0 amide bonds. The van der Waals surface area contributed by atoms with E-state index in [4.69, 9.17) is 4.84 Å². The minimum atomic E-state index is 0.355. The SMILES string of the molecule is CN1OC2(CC2)[C@]23C[C@@H]2CC[C@H]13. The molecule has 0 unspecified atom stereocenters. The van der Waals surface area contributed by atoms with Gasteiger partial charge in [0, 0.05) is 18.5 Å². The number of rotatable bonds is 0. The molecule has 3 aliphatic carbocycles. The van der Waals surface area contributed by atoms with Crippen molar-refractivity contribution in [2.75, 3.05) is 7.05 Å². The van der Waals surface area contributed by atoms with Crippen molar-refractivity contribution in [2.24, 2.45) is 11.3 Å². The predicted molar refractivity (Wildman–Crippen MR) is 44.4 cm³/mol. The molecular weight excluding hydrogens is 150 g/mol. The lowest BCUT2D eigenvalue weighted by Crippen LogP contribution is -2.28. The largest absolute Gasteiger partial charge is 0.292 e. The highest BCUT2D eigenvalue weighted by Crippen LogP contribution is 2.79. The Bertz CT molecular complexity index is 261. The van der Waals surface area contributed by atoms with E-state index in [0.29, 0.717) is 11.0 Å². The Kier molecular flexibility index (Phi) is 0.789. The second-order valence-electron chi connectivity index (χ2n) is 5.17. The fourth-order valence-electron chi connectivity index (χ4n) is 4.20. The van der Waals surface area contributed by atoms with E-state index >= 15 is 0 Å². The fraction of sp³-hybridized carbons (Fsp3) is 1.00. The van der Waals surface area contributed by atoms with E-state index in [1.807, 2.05) is 0 Å². The Morgan fingerprint density at radius 1 is 1.33 bits per heavy atom. The molecule has 0 radical (unpaired) electrons. The van der Waals surface area contributed by atoms with Crippen LogP contribution in [0.3, 0.4) is 0 Å². The van der Waals surface area contributed by atoms with E-state index in [2.05, 4.69) is 12.1 Å². The molecule has 4 aliphatic rings. The molecule has 1 heterocycles. The van der Waals surface area contributed by atoms with Crippen LogP contribution in [0.5, 0.6) is 0 Å². The second-order valence-corrected chi connectivity index (χ2v) is 5.17. The Labute approximate surface area is 72.8 Å². The molecule has 0 aromatic heterocycles. The molecule has 1 saturated heterocycles. The maximum atomic E-state index is 6.00. The monoisotopic (exact) mass is 165 g/mol. The van der Waals surface area contributed by atoms with Crippen molar-refractivity contribution >= 4 is 0 Å². The Morgan fingerprint density at radius 3 is 2.83 bits per heavy atom. The average molecular weight is 165 g/mol. The minimum absolute atomic E-state index is 0.355. The number of hydrogen-bond donors (Lipinski definition) is 0. The lowest BCUT2D eigenvalue weighted by molar-refractivity contribution is -0.157. The third kappa shape index (κ3) is 0.428. The van der Waals surface area contributed by atoms with Crippen LogP contribution in [0.15, 0.2) is 0 Å². The number of hydroxylamine groups is 2. The van der Waals surface area contributed by atoms with Gasteiger partial charge in [0.2, 0.25) is 0 Å². The van der Waals surface area contributed by atoms with Gasteiger partial charge in [-0.1, -0.05) is 0 Å². The van der Waals surface area contributed by atoms with Crippen molar-refractivity contribution in [3.05, 3.63) is 0 Å². The van der Waals surface area contributed by atoms with Crippen LogP contribution in [0.2, 0.25) is 0 Å². The van der Waals surface area contributed by atoms with Crippen LogP contribution >= 0.6 is 0 Å². The molecule has 3 saturated carbocycles. The molecule has 1 aliphatic heterocycles. The molecule has 2 spiro atoms. The van der Waals surface area contributed by atoms with Crippen molar-refractivity contribution in [1.82, 2.24) is 5.06 Å². The highest BCUT2D eigenvalue weighted by molar-refractivity contribution is 5.30. The van der Waals surface area contributed by atoms with Crippen LogP contribution in [-0.2, 0) is 4.84 Å². The highest BCUT2D eigenvalue weighted by atomic mass is 16.7. The number of hydrogen-bond acceptors (Lipinski definition) is 2. The first-order valence-corrected chi connectivity index (χ1v) is 5.20. The Hall–Kier alpha value is -0.0800. The number of nitrogens with zero attached hydrogens (tertiary/aromatic N) is 1. The molecule has 0 N–H and O–H groups in total. The minimum Gasteiger partial charge on any atom is -0.292 e. The average Bonchev–Trinajstić information content (AvgIpc) is 2.90. The summed E-state index contributed by atoms with van der Waals surface area (Å²) < 4.78 is 0. The van der Waals surface area contributed by atoms with Crippen LogP contribution in [0.25, 0.3) is 0 Å². The summed E-state index contributed by atoms with van der Waals surface area (Å²) in [5.41, 5.74) is 1.01. The van der Waals surface area contributed by atoms with Gasteiger partial charge in [-0.25, -0.2) is 0 Å². The molecule has 4 fully saturated rings. The second kappa shape index (κ2) is 1.48. The van der Waals surface area contributed by atoms with E-state index in [0.717, 1.165) is 12.0 Å². The summed E-state index contributed by atoms with van der Waals surface area (Å²) in [7, 11) is 2.14. The summed E-state index contributed by atoms with van der Waals surface area (Å²) in [5.74, 6) is 1.04. The van der Waals surface area contributed by atoms with Crippen molar-refractivity contribution in [3.8, 4) is 0 Å². The smallest absolute Gasteiger partial charge is 0.0976 e. The normalized spacial score (nSPS) is 58.8. The van der Waals surface area contributed by atoms with Gasteiger partial charge < -0.3 is 0 Å². The molecule has 0 bridgehead atoms. The van der Waals surface area contributed by atoms with Gasteiger partial charge in [-0.2, -0.15) is 5.06 Å². The molecule has 12 heavy (non-hydrogen) atoms. The quantitative estimate of drug-likeness (QED) is 0.540. The molecule has 0 aromatic rings. The standard InChI is InChI=1S/C10H15NO/c1-11-8-3-2-7-6-10(7,8)9(12-11)4-5-9/h7-8H,2-6H2,1H3/t7-,8-,10+/m0/s1. The fourth-order valence-corrected chi connectivity index (χ4v) is 4.20. The van der Waals surface area contributed by atoms with Gasteiger partial charge in [0.05, 0.1) is 5.60 Å². The zero-order valence-corrected chi connectivity index (χ0v) is 7.55. The first-order valence-electron chi connectivity index (χ1n) is 5.20. The maximum absolute atomic E-state index is 6.00. The summed E-state index contributed by atoms with van der Waals surface area (Å²) in [6.45, 7) is 0. The van der Waals surface area contributed by atoms with Crippen LogP contribution in [-0.4, -0.2) is 23.8 Å². The van der Waals surface area contributed by atoms with Crippen LogP contribution in [0.4, 0.5) is 0 Å². The van der Waals surface area contributed by atoms with Crippen molar-refractivity contribution in [3.63, 3.8) is 0 Å². The van der Waals surface area contributed by atoms with Gasteiger partial charge in [0.25, 0.3) is 0 Å². The van der Waals surface area contributed by atoms with E-state index in [-0.39, 0.29) is 0 Å². The third-order valence-corrected chi connectivity index (χ3v) is 4.85. The summed E-state index contributed by atoms with van der Waals surface area (Å²) >= 11 is 0. The van der Waals surface area contributed by atoms with E-state index in [1.165, 1.54) is 32.1 Å². The molecule has 2 nitrogen and oxygen atoms in total. The Morgan fingerprint density at radius 2 is 2.17 bits per heavy atom. The first kappa shape index (κ1) is 6.39. The topological polar surface area (TPSA) is 12.5 Å². The van der Waals surface area contributed by atoms with Gasteiger partial charge in [-0.15, -0.1) is 0 Å². The van der Waals surface area contributed by atoms with Crippen molar-refractivity contribution < 1.29 is 4.84 Å². The summed E-state index contributed by atoms with van der Waals surface area (Å²) in [5, 5.41) is 2.18. The molecule has 0 aromatic carbocycles. The lowest BCUT2D eigenvalue weighted by atomic mass is 9.90. The van der Waals surface area contributed by atoms with Gasteiger partial charge in [-0.3, -0.25) is 4.84 Å². The zero-order valence-electron chi connectivity index (χ0n) is 7.55. The Balaban J connectivity index is 1.85. The molecule has 4 rings (SSSR count). The van der Waals surface area contributed by atoms with Crippen molar-refractivity contribution in [1.29, 1.82) is 0 Å². The van der Waals surface area contributed by atoms with E-state index in [9.17, 15) is 0 Å².